The number of rotatable bonds is 3. The zero-order valence-electron chi connectivity index (χ0n) is 11.5. The molecule has 5 heteroatoms. The number of benzene rings is 1. The van der Waals surface area contributed by atoms with Crippen LogP contribution >= 0.6 is 0 Å². The van der Waals surface area contributed by atoms with E-state index < -0.39 is 0 Å². The van der Waals surface area contributed by atoms with Gasteiger partial charge in [0.05, 0.1) is 5.69 Å². The Kier molecular flexibility index (Phi) is 3.47. The molecule has 1 amide bonds. The Balaban J connectivity index is 1.82. The highest BCUT2D eigenvalue weighted by molar-refractivity contribution is 6.02. The van der Waals surface area contributed by atoms with Crippen molar-refractivity contribution < 1.29 is 4.79 Å². The number of anilines is 1. The Bertz CT molecular complexity index is 765. The van der Waals surface area contributed by atoms with Gasteiger partial charge in [0.2, 0.25) is 0 Å². The van der Waals surface area contributed by atoms with E-state index in [9.17, 15) is 4.79 Å². The molecule has 104 valence electrons. The van der Waals surface area contributed by atoms with E-state index >= 15 is 0 Å². The number of amides is 1. The van der Waals surface area contributed by atoms with Crippen molar-refractivity contribution in [3.63, 3.8) is 0 Å². The van der Waals surface area contributed by atoms with Gasteiger partial charge < -0.3 is 5.32 Å². The number of carbonyl (C=O) groups is 1. The van der Waals surface area contributed by atoms with Crippen LogP contribution < -0.4 is 5.32 Å². The second kappa shape index (κ2) is 5.58. The summed E-state index contributed by atoms with van der Waals surface area (Å²) in [5.41, 5.74) is 2.80. The Morgan fingerprint density at radius 3 is 2.76 bits per heavy atom. The first kappa shape index (κ1) is 13.1. The van der Waals surface area contributed by atoms with Crippen LogP contribution in [0.1, 0.15) is 16.2 Å². The molecule has 0 saturated carbocycles. The third-order valence-electron chi connectivity index (χ3n) is 2.99. The first-order chi connectivity index (χ1) is 10.2. The van der Waals surface area contributed by atoms with Crippen molar-refractivity contribution in [1.29, 1.82) is 0 Å². The van der Waals surface area contributed by atoms with Gasteiger partial charge in [0.25, 0.3) is 5.91 Å². The normalized spacial score (nSPS) is 10.3. The van der Waals surface area contributed by atoms with Gasteiger partial charge in [-0.3, -0.25) is 4.79 Å². The summed E-state index contributed by atoms with van der Waals surface area (Å²) in [6.07, 6.45) is 3.56. The lowest BCUT2D eigenvalue weighted by atomic mass is 10.2. The molecular formula is C16H14N4O. The lowest BCUT2D eigenvalue weighted by Gasteiger charge is -2.07. The predicted octanol–water partition coefficient (Wildman–Crippen LogP) is 2.83. The first-order valence-corrected chi connectivity index (χ1v) is 6.57. The monoisotopic (exact) mass is 278 g/mol. The Morgan fingerprint density at radius 1 is 1.14 bits per heavy atom. The SMILES string of the molecule is Cc1cccc(C(=O)Nc2cccc(-n3cccn3)c2)n1. The molecule has 3 aromatic rings. The van der Waals surface area contributed by atoms with Crippen molar-refractivity contribution >= 4 is 11.6 Å². The van der Waals surface area contributed by atoms with Gasteiger partial charge in [-0.25, -0.2) is 9.67 Å². The molecule has 0 radical (unpaired) electrons. The zero-order valence-corrected chi connectivity index (χ0v) is 11.5. The summed E-state index contributed by atoms with van der Waals surface area (Å²) >= 11 is 0. The molecule has 2 heterocycles. The molecule has 0 fully saturated rings. The first-order valence-electron chi connectivity index (χ1n) is 6.57. The maximum Gasteiger partial charge on any atom is 0.274 e. The summed E-state index contributed by atoms with van der Waals surface area (Å²) in [6.45, 7) is 1.86. The fourth-order valence-electron chi connectivity index (χ4n) is 2.01. The number of nitrogens with one attached hydrogen (secondary N) is 1. The molecular weight excluding hydrogens is 264 g/mol. The second-order valence-corrected chi connectivity index (χ2v) is 4.62. The maximum atomic E-state index is 12.2. The predicted molar refractivity (Wildman–Crippen MR) is 80.5 cm³/mol. The fourth-order valence-corrected chi connectivity index (χ4v) is 2.01. The van der Waals surface area contributed by atoms with Crippen LogP contribution in [-0.4, -0.2) is 20.7 Å². The number of aryl methyl sites for hydroxylation is 1. The molecule has 1 aromatic carbocycles. The molecule has 0 aliphatic heterocycles. The molecule has 1 N–H and O–H groups in total. The van der Waals surface area contributed by atoms with Crippen LogP contribution in [0.2, 0.25) is 0 Å². The largest absolute Gasteiger partial charge is 0.321 e. The van der Waals surface area contributed by atoms with Crippen LogP contribution in [0.5, 0.6) is 0 Å². The zero-order chi connectivity index (χ0) is 14.7. The molecule has 0 spiro atoms. The van der Waals surface area contributed by atoms with E-state index in [0.29, 0.717) is 11.4 Å². The minimum absolute atomic E-state index is 0.226. The fraction of sp³-hybridized carbons (Fsp3) is 0.0625. The standard InChI is InChI=1S/C16H14N4O/c1-12-5-2-8-15(18-12)16(21)19-13-6-3-7-14(11-13)20-10-4-9-17-20/h2-11H,1H3,(H,19,21). The van der Waals surface area contributed by atoms with Crippen LogP contribution in [0.25, 0.3) is 5.69 Å². The van der Waals surface area contributed by atoms with Crippen molar-refractivity contribution in [2.24, 2.45) is 0 Å². The molecule has 0 unspecified atom stereocenters. The molecule has 0 saturated heterocycles. The van der Waals surface area contributed by atoms with Gasteiger partial charge in [-0.1, -0.05) is 12.1 Å². The highest BCUT2D eigenvalue weighted by Gasteiger charge is 2.08. The topological polar surface area (TPSA) is 59.8 Å². The third kappa shape index (κ3) is 2.97. The van der Waals surface area contributed by atoms with E-state index in [-0.39, 0.29) is 5.91 Å². The average Bonchev–Trinajstić information content (AvgIpc) is 3.02. The quantitative estimate of drug-likeness (QED) is 0.801. The van der Waals surface area contributed by atoms with Crippen LogP contribution in [0.4, 0.5) is 5.69 Å². The number of aromatic nitrogens is 3. The molecule has 2 aromatic heterocycles. The van der Waals surface area contributed by atoms with E-state index in [1.165, 1.54) is 0 Å². The lowest BCUT2D eigenvalue weighted by Crippen LogP contribution is -2.14. The van der Waals surface area contributed by atoms with Crippen LogP contribution in [0.3, 0.4) is 0 Å². The number of hydrogen-bond acceptors (Lipinski definition) is 3. The Labute approximate surface area is 122 Å². The van der Waals surface area contributed by atoms with Gasteiger partial charge >= 0.3 is 0 Å². The smallest absolute Gasteiger partial charge is 0.274 e. The van der Waals surface area contributed by atoms with Crippen molar-refractivity contribution in [3.8, 4) is 5.69 Å². The number of carbonyl (C=O) groups excluding carboxylic acids is 1. The molecule has 3 rings (SSSR count). The highest BCUT2D eigenvalue weighted by Crippen LogP contribution is 2.14. The van der Waals surface area contributed by atoms with Crippen LogP contribution in [-0.2, 0) is 0 Å². The summed E-state index contributed by atoms with van der Waals surface area (Å²) < 4.78 is 1.74. The van der Waals surface area contributed by atoms with Gasteiger partial charge in [-0.15, -0.1) is 0 Å². The Hall–Kier alpha value is -2.95. The molecule has 0 aliphatic rings. The van der Waals surface area contributed by atoms with Crippen LogP contribution in [0, 0.1) is 6.92 Å². The van der Waals surface area contributed by atoms with E-state index in [0.717, 1.165) is 11.4 Å². The Morgan fingerprint density at radius 2 is 2.00 bits per heavy atom. The molecule has 0 atom stereocenters. The number of pyridine rings is 1. The van der Waals surface area contributed by atoms with Gasteiger partial charge in [-0.05, 0) is 43.3 Å². The van der Waals surface area contributed by atoms with E-state index in [2.05, 4.69) is 15.4 Å². The third-order valence-corrected chi connectivity index (χ3v) is 2.99. The minimum Gasteiger partial charge on any atom is -0.321 e. The van der Waals surface area contributed by atoms with Crippen molar-refractivity contribution in [2.75, 3.05) is 5.32 Å². The summed E-state index contributed by atoms with van der Waals surface area (Å²) in [5.74, 6) is -0.226. The van der Waals surface area contributed by atoms with Gasteiger partial charge in [-0.2, -0.15) is 5.10 Å². The summed E-state index contributed by atoms with van der Waals surface area (Å²) in [4.78, 5) is 16.4. The van der Waals surface area contributed by atoms with Gasteiger partial charge in [0.1, 0.15) is 5.69 Å². The molecule has 0 aliphatic carbocycles. The summed E-state index contributed by atoms with van der Waals surface area (Å²) in [6, 6.07) is 14.7. The number of nitrogens with zero attached hydrogens (tertiary/aromatic N) is 3. The van der Waals surface area contributed by atoms with Crippen molar-refractivity contribution in [1.82, 2.24) is 14.8 Å². The van der Waals surface area contributed by atoms with E-state index in [1.807, 2.05) is 55.6 Å². The summed E-state index contributed by atoms with van der Waals surface area (Å²) in [5, 5.41) is 7.01. The highest BCUT2D eigenvalue weighted by atomic mass is 16.1. The summed E-state index contributed by atoms with van der Waals surface area (Å²) in [7, 11) is 0. The second-order valence-electron chi connectivity index (χ2n) is 4.62. The van der Waals surface area contributed by atoms with Crippen LogP contribution in [0.15, 0.2) is 60.9 Å². The van der Waals surface area contributed by atoms with Gasteiger partial charge in [0, 0.05) is 23.8 Å². The lowest BCUT2D eigenvalue weighted by molar-refractivity contribution is 0.102. The van der Waals surface area contributed by atoms with E-state index in [4.69, 9.17) is 0 Å². The molecule has 5 nitrogen and oxygen atoms in total. The minimum atomic E-state index is -0.226. The molecule has 21 heavy (non-hydrogen) atoms. The van der Waals surface area contributed by atoms with Crippen molar-refractivity contribution in [3.05, 3.63) is 72.3 Å². The average molecular weight is 278 g/mol. The maximum absolute atomic E-state index is 12.2. The van der Waals surface area contributed by atoms with Gasteiger partial charge in [0.15, 0.2) is 0 Å². The van der Waals surface area contributed by atoms with Crippen molar-refractivity contribution in [2.45, 2.75) is 6.92 Å². The number of hydrogen-bond donors (Lipinski definition) is 1. The molecule has 0 bridgehead atoms. The van der Waals surface area contributed by atoms with E-state index in [1.54, 1.807) is 16.9 Å².